The van der Waals surface area contributed by atoms with Crippen LogP contribution in [0.3, 0.4) is 0 Å². The monoisotopic (exact) mass is 459 g/mol. The Kier molecular flexibility index (Phi) is 7.18. The van der Waals surface area contributed by atoms with E-state index in [2.05, 4.69) is 10.3 Å². The predicted molar refractivity (Wildman–Crippen MR) is 125 cm³/mol. The molecule has 0 unspecified atom stereocenters. The van der Waals surface area contributed by atoms with Crippen molar-refractivity contribution in [1.29, 1.82) is 0 Å². The van der Waals surface area contributed by atoms with Crippen molar-refractivity contribution < 1.29 is 13.2 Å². The zero-order chi connectivity index (χ0) is 22.6. The number of pyridine rings is 1. The number of carbonyl (C=O) groups is 1. The number of sulfone groups is 1. The van der Waals surface area contributed by atoms with Gasteiger partial charge >= 0.3 is 0 Å². The average Bonchev–Trinajstić information content (AvgIpc) is 3.20. The zero-order valence-electron chi connectivity index (χ0n) is 17.7. The number of allylic oxidation sites excluding steroid dienone is 1. The molecule has 0 radical (unpaired) electrons. The minimum absolute atomic E-state index is 0.0191. The number of nitrogens with one attached hydrogen (secondary N) is 1. The molecule has 2 atom stereocenters. The number of hydrogen-bond donors (Lipinski definition) is 1. The molecule has 0 fully saturated rings. The lowest BCUT2D eigenvalue weighted by molar-refractivity contribution is 0.0970. The van der Waals surface area contributed by atoms with Crippen LogP contribution in [0.2, 0.25) is 5.02 Å². The van der Waals surface area contributed by atoms with E-state index in [-0.39, 0.29) is 17.7 Å². The SMILES string of the molecule is C[C@H](/C=C/S(C)(=O)=O)CCC(=O)c1ccc(N[C@@H](C)c2ccccc2Cl)c2nccn12. The standard InChI is InChI=1S/C23H26ClN3O3S/c1-16(12-15-31(3,29)30)8-11-22(28)21-10-9-20(23-25-13-14-27(21)23)26-17(2)18-6-4-5-7-19(18)24/h4-7,9-10,12-17,26H,8,11H2,1-3H3/b15-12+/t16-,17-/m0/s1. The molecule has 31 heavy (non-hydrogen) atoms. The maximum atomic E-state index is 12.8. The Labute approximate surface area is 187 Å². The fourth-order valence-corrected chi connectivity index (χ4v) is 4.20. The van der Waals surface area contributed by atoms with E-state index in [0.29, 0.717) is 29.2 Å². The molecule has 0 bridgehead atoms. The molecule has 1 N–H and O–H groups in total. The van der Waals surface area contributed by atoms with Crippen molar-refractivity contribution >= 4 is 38.6 Å². The Morgan fingerprint density at radius 2 is 1.97 bits per heavy atom. The van der Waals surface area contributed by atoms with Gasteiger partial charge in [-0.05, 0) is 43.0 Å². The minimum Gasteiger partial charge on any atom is -0.375 e. The molecule has 8 heteroatoms. The van der Waals surface area contributed by atoms with Gasteiger partial charge in [-0.15, -0.1) is 0 Å². The van der Waals surface area contributed by atoms with Gasteiger partial charge in [-0.25, -0.2) is 13.4 Å². The van der Waals surface area contributed by atoms with Crippen LogP contribution >= 0.6 is 11.6 Å². The van der Waals surface area contributed by atoms with E-state index in [9.17, 15) is 13.2 Å². The summed E-state index contributed by atoms with van der Waals surface area (Å²) in [6.45, 7) is 3.91. The summed E-state index contributed by atoms with van der Waals surface area (Å²) in [5, 5.41) is 5.31. The molecular formula is C23H26ClN3O3S. The lowest BCUT2D eigenvalue weighted by atomic mass is 10.0. The van der Waals surface area contributed by atoms with Crippen LogP contribution in [0, 0.1) is 5.92 Å². The molecule has 0 aliphatic rings. The molecule has 6 nitrogen and oxygen atoms in total. The zero-order valence-corrected chi connectivity index (χ0v) is 19.3. The Hall–Kier alpha value is -2.64. The molecule has 0 spiro atoms. The van der Waals surface area contributed by atoms with Crippen molar-refractivity contribution in [3.8, 4) is 0 Å². The summed E-state index contributed by atoms with van der Waals surface area (Å²) in [4.78, 5) is 17.3. The van der Waals surface area contributed by atoms with Crippen LogP contribution < -0.4 is 5.32 Å². The van der Waals surface area contributed by atoms with E-state index in [1.54, 1.807) is 28.9 Å². The van der Waals surface area contributed by atoms with Crippen molar-refractivity contribution in [3.05, 3.63) is 76.6 Å². The first-order valence-electron chi connectivity index (χ1n) is 10.0. The number of fused-ring (bicyclic) bond motifs is 1. The first kappa shape index (κ1) is 23.0. The molecular weight excluding hydrogens is 434 g/mol. The van der Waals surface area contributed by atoms with Gasteiger partial charge in [0, 0.05) is 35.5 Å². The molecule has 0 saturated carbocycles. The summed E-state index contributed by atoms with van der Waals surface area (Å²) < 4.78 is 24.3. The van der Waals surface area contributed by atoms with Gasteiger partial charge in [0.2, 0.25) is 0 Å². The Balaban J connectivity index is 1.76. The van der Waals surface area contributed by atoms with Crippen LogP contribution in [-0.2, 0) is 9.84 Å². The fraction of sp³-hybridized carbons (Fsp3) is 0.304. The third-order valence-corrected chi connectivity index (χ3v) is 6.06. The molecule has 2 heterocycles. The lowest BCUT2D eigenvalue weighted by Crippen LogP contribution is -2.11. The Morgan fingerprint density at radius 1 is 1.23 bits per heavy atom. The van der Waals surface area contributed by atoms with Gasteiger partial charge in [0.25, 0.3) is 0 Å². The third kappa shape index (κ3) is 5.95. The molecule has 0 aliphatic heterocycles. The highest BCUT2D eigenvalue weighted by Gasteiger charge is 2.16. The average molecular weight is 460 g/mol. The maximum absolute atomic E-state index is 12.8. The quantitative estimate of drug-likeness (QED) is 0.438. The third-order valence-electron chi connectivity index (χ3n) is 5.06. The number of anilines is 1. The second kappa shape index (κ2) is 9.66. The number of carbonyl (C=O) groups excluding carboxylic acids is 1. The van der Waals surface area contributed by atoms with E-state index in [1.807, 2.05) is 44.2 Å². The van der Waals surface area contributed by atoms with Crippen LogP contribution in [0.15, 0.2) is 60.3 Å². The number of rotatable bonds is 9. The second-order valence-corrected chi connectivity index (χ2v) is 10.1. The van der Waals surface area contributed by atoms with Crippen molar-refractivity contribution in [2.24, 2.45) is 5.92 Å². The molecule has 0 aliphatic carbocycles. The van der Waals surface area contributed by atoms with Crippen molar-refractivity contribution in [1.82, 2.24) is 9.38 Å². The van der Waals surface area contributed by atoms with Crippen molar-refractivity contribution in [2.75, 3.05) is 11.6 Å². The molecule has 1 aromatic carbocycles. The number of ketones is 1. The highest BCUT2D eigenvalue weighted by Crippen LogP contribution is 2.28. The summed E-state index contributed by atoms with van der Waals surface area (Å²) >= 11 is 6.31. The molecule has 0 amide bonds. The predicted octanol–water partition coefficient (Wildman–Crippen LogP) is 5.32. The van der Waals surface area contributed by atoms with E-state index < -0.39 is 9.84 Å². The molecule has 3 aromatic rings. The number of nitrogens with zero attached hydrogens (tertiary/aromatic N) is 2. The normalized spacial score (nSPS) is 14.1. The van der Waals surface area contributed by atoms with Crippen LogP contribution in [0.5, 0.6) is 0 Å². The summed E-state index contributed by atoms with van der Waals surface area (Å²) in [6.07, 6.45) is 7.07. The van der Waals surface area contributed by atoms with Gasteiger partial charge in [0.1, 0.15) is 0 Å². The van der Waals surface area contributed by atoms with Gasteiger partial charge in [-0.1, -0.05) is 42.8 Å². The molecule has 164 valence electrons. The van der Waals surface area contributed by atoms with Crippen LogP contribution in [0.4, 0.5) is 5.69 Å². The molecule has 0 saturated heterocycles. The van der Waals surface area contributed by atoms with Crippen LogP contribution in [0.1, 0.15) is 48.8 Å². The molecule has 2 aromatic heterocycles. The van der Waals surface area contributed by atoms with Gasteiger partial charge < -0.3 is 5.32 Å². The first-order valence-corrected chi connectivity index (χ1v) is 12.4. The van der Waals surface area contributed by atoms with E-state index >= 15 is 0 Å². The van der Waals surface area contributed by atoms with Gasteiger partial charge in [0.15, 0.2) is 21.3 Å². The van der Waals surface area contributed by atoms with Gasteiger partial charge in [-0.3, -0.25) is 9.20 Å². The summed E-state index contributed by atoms with van der Waals surface area (Å²) in [5.74, 6) is -0.0392. The van der Waals surface area contributed by atoms with Crippen molar-refractivity contribution in [2.45, 2.75) is 32.7 Å². The topological polar surface area (TPSA) is 80.5 Å². The number of aromatic nitrogens is 2. The number of imidazole rings is 1. The van der Waals surface area contributed by atoms with Crippen LogP contribution in [0.25, 0.3) is 5.65 Å². The molecule has 3 rings (SSSR count). The fourth-order valence-electron chi connectivity index (χ4n) is 3.35. The minimum atomic E-state index is -3.16. The largest absolute Gasteiger partial charge is 0.375 e. The van der Waals surface area contributed by atoms with E-state index in [1.165, 1.54) is 5.41 Å². The summed E-state index contributed by atoms with van der Waals surface area (Å²) in [5.41, 5.74) is 2.99. The number of Topliss-reactive ketones (excluding diaryl/α,β-unsaturated/α-hetero) is 1. The summed E-state index contributed by atoms with van der Waals surface area (Å²) in [6, 6.07) is 11.3. The second-order valence-electron chi connectivity index (χ2n) is 7.74. The smallest absolute Gasteiger partial charge is 0.179 e. The van der Waals surface area contributed by atoms with Crippen LogP contribution in [-0.4, -0.2) is 29.8 Å². The van der Waals surface area contributed by atoms with E-state index in [4.69, 9.17) is 11.6 Å². The number of hydrogen-bond acceptors (Lipinski definition) is 5. The maximum Gasteiger partial charge on any atom is 0.179 e. The lowest BCUT2D eigenvalue weighted by Gasteiger charge is -2.18. The number of benzene rings is 1. The highest BCUT2D eigenvalue weighted by molar-refractivity contribution is 7.93. The van der Waals surface area contributed by atoms with Crippen molar-refractivity contribution in [3.63, 3.8) is 0 Å². The number of halogens is 1. The van der Waals surface area contributed by atoms with Gasteiger partial charge in [0.05, 0.1) is 17.4 Å². The first-order chi connectivity index (χ1) is 14.7. The highest BCUT2D eigenvalue weighted by atomic mass is 35.5. The Morgan fingerprint density at radius 3 is 2.68 bits per heavy atom. The van der Waals surface area contributed by atoms with Gasteiger partial charge in [-0.2, -0.15) is 0 Å². The Bertz CT molecular complexity index is 1220. The summed E-state index contributed by atoms with van der Waals surface area (Å²) in [7, 11) is -3.16. The van der Waals surface area contributed by atoms with E-state index in [0.717, 1.165) is 17.5 Å².